The molecule has 20 heavy (non-hydrogen) atoms. The fourth-order valence-electron chi connectivity index (χ4n) is 2.19. The van der Waals surface area contributed by atoms with Crippen molar-refractivity contribution in [3.8, 4) is 11.5 Å². The molecule has 0 bridgehead atoms. The maximum absolute atomic E-state index is 9.97. The first-order valence-corrected chi connectivity index (χ1v) is 6.65. The van der Waals surface area contributed by atoms with Gasteiger partial charge in [0.1, 0.15) is 11.5 Å². The summed E-state index contributed by atoms with van der Waals surface area (Å²) in [7, 11) is 1.62. The quantitative estimate of drug-likeness (QED) is 0.877. The molecule has 1 aromatic carbocycles. The number of pyridine rings is 1. The number of aromatic nitrogens is 1. The van der Waals surface area contributed by atoms with Crippen molar-refractivity contribution >= 4 is 0 Å². The third kappa shape index (κ3) is 3.27. The largest absolute Gasteiger partial charge is 0.508 e. The summed E-state index contributed by atoms with van der Waals surface area (Å²) in [4.78, 5) is 4.33. The van der Waals surface area contributed by atoms with Crippen molar-refractivity contribution < 1.29 is 9.84 Å². The SMILES string of the molecule is COc1ccc(O)c(C(C)NC(C)c2ccccn2)c1. The van der Waals surface area contributed by atoms with E-state index in [9.17, 15) is 5.11 Å². The first-order valence-electron chi connectivity index (χ1n) is 6.65. The van der Waals surface area contributed by atoms with Crippen LogP contribution in [0.2, 0.25) is 0 Å². The molecule has 2 rings (SSSR count). The van der Waals surface area contributed by atoms with Crippen LogP contribution in [0, 0.1) is 0 Å². The highest BCUT2D eigenvalue weighted by Crippen LogP contribution is 2.29. The predicted octanol–water partition coefficient (Wildman–Crippen LogP) is 3.21. The summed E-state index contributed by atoms with van der Waals surface area (Å²) in [5, 5.41) is 13.4. The van der Waals surface area contributed by atoms with Crippen molar-refractivity contribution in [1.29, 1.82) is 0 Å². The Labute approximate surface area is 119 Å². The maximum Gasteiger partial charge on any atom is 0.120 e. The number of phenolic OH excluding ortho intramolecular Hbond substituents is 1. The number of hydrogen-bond donors (Lipinski definition) is 2. The molecule has 0 radical (unpaired) electrons. The van der Waals surface area contributed by atoms with E-state index in [1.807, 2.05) is 31.2 Å². The normalized spacial score (nSPS) is 13.8. The zero-order chi connectivity index (χ0) is 14.5. The van der Waals surface area contributed by atoms with Crippen LogP contribution in [0.3, 0.4) is 0 Å². The molecule has 4 heteroatoms. The van der Waals surface area contributed by atoms with E-state index in [1.54, 1.807) is 25.4 Å². The van der Waals surface area contributed by atoms with Crippen LogP contribution in [-0.2, 0) is 0 Å². The fourth-order valence-corrected chi connectivity index (χ4v) is 2.19. The minimum atomic E-state index is -0.0119. The van der Waals surface area contributed by atoms with Gasteiger partial charge in [0, 0.05) is 23.8 Å². The van der Waals surface area contributed by atoms with Crippen LogP contribution in [0.25, 0.3) is 0 Å². The Kier molecular flexibility index (Phi) is 4.58. The summed E-state index contributed by atoms with van der Waals surface area (Å²) in [6.07, 6.45) is 1.78. The molecule has 0 aliphatic carbocycles. The summed E-state index contributed by atoms with van der Waals surface area (Å²) < 4.78 is 5.20. The standard InChI is InChI=1S/C16H20N2O2/c1-11(14-10-13(20-3)7-8-16(14)19)18-12(2)15-6-4-5-9-17-15/h4-12,18-19H,1-3H3. The molecule has 2 atom stereocenters. The van der Waals surface area contributed by atoms with Crippen molar-refractivity contribution in [2.24, 2.45) is 0 Å². The van der Waals surface area contributed by atoms with Crippen molar-refractivity contribution in [2.75, 3.05) is 7.11 Å². The highest BCUT2D eigenvalue weighted by atomic mass is 16.5. The molecular formula is C16H20N2O2. The van der Waals surface area contributed by atoms with Gasteiger partial charge in [0.05, 0.1) is 12.8 Å². The van der Waals surface area contributed by atoms with Crippen LogP contribution in [-0.4, -0.2) is 17.2 Å². The number of hydrogen-bond acceptors (Lipinski definition) is 4. The summed E-state index contributed by atoms with van der Waals surface area (Å²) in [5.74, 6) is 0.996. The number of phenols is 1. The Morgan fingerprint density at radius 1 is 1.15 bits per heavy atom. The van der Waals surface area contributed by atoms with Crippen molar-refractivity contribution in [1.82, 2.24) is 10.3 Å². The van der Waals surface area contributed by atoms with E-state index in [4.69, 9.17) is 4.74 Å². The smallest absolute Gasteiger partial charge is 0.120 e. The van der Waals surface area contributed by atoms with Gasteiger partial charge in [-0.15, -0.1) is 0 Å². The van der Waals surface area contributed by atoms with Crippen molar-refractivity contribution in [3.05, 3.63) is 53.9 Å². The third-order valence-corrected chi connectivity index (χ3v) is 3.33. The summed E-state index contributed by atoms with van der Waals surface area (Å²) >= 11 is 0. The monoisotopic (exact) mass is 272 g/mol. The van der Waals surface area contributed by atoms with Crippen LogP contribution in [0.15, 0.2) is 42.6 Å². The van der Waals surface area contributed by atoms with E-state index in [0.29, 0.717) is 0 Å². The average Bonchev–Trinajstić information content (AvgIpc) is 2.48. The van der Waals surface area contributed by atoms with Gasteiger partial charge in [-0.25, -0.2) is 0 Å². The third-order valence-electron chi connectivity index (χ3n) is 3.33. The van der Waals surface area contributed by atoms with Gasteiger partial charge < -0.3 is 15.2 Å². The van der Waals surface area contributed by atoms with Crippen LogP contribution >= 0.6 is 0 Å². The number of methoxy groups -OCH3 is 1. The molecule has 0 amide bonds. The summed E-state index contributed by atoms with van der Waals surface area (Å²) in [6, 6.07) is 11.2. The summed E-state index contributed by atoms with van der Waals surface area (Å²) in [5.41, 5.74) is 1.79. The van der Waals surface area contributed by atoms with Crippen LogP contribution in [0.4, 0.5) is 0 Å². The van der Waals surface area contributed by atoms with Gasteiger partial charge in [-0.3, -0.25) is 4.98 Å². The molecule has 0 saturated heterocycles. The number of nitrogens with zero attached hydrogens (tertiary/aromatic N) is 1. The Balaban J connectivity index is 2.14. The van der Waals surface area contributed by atoms with E-state index in [0.717, 1.165) is 17.0 Å². The van der Waals surface area contributed by atoms with Gasteiger partial charge in [0.25, 0.3) is 0 Å². The molecule has 0 saturated carbocycles. The van der Waals surface area contributed by atoms with E-state index < -0.39 is 0 Å². The Hall–Kier alpha value is -2.07. The van der Waals surface area contributed by atoms with E-state index in [-0.39, 0.29) is 17.8 Å². The second kappa shape index (κ2) is 6.39. The van der Waals surface area contributed by atoms with E-state index in [2.05, 4.69) is 17.2 Å². The van der Waals surface area contributed by atoms with Gasteiger partial charge >= 0.3 is 0 Å². The molecule has 4 nitrogen and oxygen atoms in total. The van der Waals surface area contributed by atoms with Gasteiger partial charge in [-0.05, 0) is 44.2 Å². The summed E-state index contributed by atoms with van der Waals surface area (Å²) in [6.45, 7) is 4.06. The van der Waals surface area contributed by atoms with E-state index in [1.165, 1.54) is 0 Å². The Morgan fingerprint density at radius 2 is 1.95 bits per heavy atom. The van der Waals surface area contributed by atoms with Crippen molar-refractivity contribution in [2.45, 2.75) is 25.9 Å². The zero-order valence-electron chi connectivity index (χ0n) is 12.0. The predicted molar refractivity (Wildman–Crippen MR) is 78.9 cm³/mol. The molecular weight excluding hydrogens is 252 g/mol. The fraction of sp³-hybridized carbons (Fsp3) is 0.312. The molecule has 2 unspecified atom stereocenters. The maximum atomic E-state index is 9.97. The molecule has 2 aromatic rings. The average molecular weight is 272 g/mol. The second-order valence-electron chi connectivity index (χ2n) is 4.79. The minimum Gasteiger partial charge on any atom is -0.508 e. The Bertz CT molecular complexity index is 558. The highest BCUT2D eigenvalue weighted by Gasteiger charge is 2.15. The molecule has 1 heterocycles. The first kappa shape index (κ1) is 14.3. The van der Waals surface area contributed by atoms with Gasteiger partial charge in [0.15, 0.2) is 0 Å². The lowest BCUT2D eigenvalue weighted by Gasteiger charge is -2.21. The lowest BCUT2D eigenvalue weighted by Crippen LogP contribution is -2.23. The number of ether oxygens (including phenoxy) is 1. The topological polar surface area (TPSA) is 54.4 Å². The lowest BCUT2D eigenvalue weighted by atomic mass is 10.0. The van der Waals surface area contributed by atoms with Gasteiger partial charge in [-0.2, -0.15) is 0 Å². The first-order chi connectivity index (χ1) is 9.61. The van der Waals surface area contributed by atoms with Crippen LogP contribution in [0.5, 0.6) is 11.5 Å². The second-order valence-corrected chi connectivity index (χ2v) is 4.79. The zero-order valence-corrected chi connectivity index (χ0v) is 12.0. The molecule has 2 N–H and O–H groups in total. The van der Waals surface area contributed by atoms with Crippen LogP contribution in [0.1, 0.15) is 37.2 Å². The van der Waals surface area contributed by atoms with Gasteiger partial charge in [0.2, 0.25) is 0 Å². The number of rotatable bonds is 5. The number of aromatic hydroxyl groups is 1. The Morgan fingerprint density at radius 3 is 2.60 bits per heavy atom. The molecule has 0 spiro atoms. The molecule has 0 aliphatic rings. The van der Waals surface area contributed by atoms with Crippen LogP contribution < -0.4 is 10.1 Å². The van der Waals surface area contributed by atoms with Crippen molar-refractivity contribution in [3.63, 3.8) is 0 Å². The van der Waals surface area contributed by atoms with Gasteiger partial charge in [-0.1, -0.05) is 6.07 Å². The minimum absolute atomic E-state index is 0.0119. The van der Waals surface area contributed by atoms with E-state index >= 15 is 0 Å². The molecule has 0 fully saturated rings. The lowest BCUT2D eigenvalue weighted by molar-refractivity contribution is 0.404. The highest BCUT2D eigenvalue weighted by molar-refractivity contribution is 5.41. The molecule has 106 valence electrons. The molecule has 0 aliphatic heterocycles. The molecule has 1 aromatic heterocycles. The number of nitrogens with one attached hydrogen (secondary N) is 1. The number of benzene rings is 1.